The number of hydrogen-bond donors (Lipinski definition) is 2. The molecule has 2 rings (SSSR count). The molecule has 5 heteroatoms. The molecule has 118 valence electrons. The van der Waals surface area contributed by atoms with E-state index in [1.807, 2.05) is 6.07 Å². The first-order chi connectivity index (χ1) is 10.7. The second kappa shape index (κ2) is 6.01. The number of carbonyl (C=O) groups excluding carboxylic acids is 1. The Morgan fingerprint density at radius 2 is 1.65 bits per heavy atom. The third-order valence-electron chi connectivity index (χ3n) is 3.05. The Bertz CT molecular complexity index is 780. The monoisotopic (exact) mass is 311 g/mol. The third kappa shape index (κ3) is 3.61. The van der Waals surface area contributed by atoms with Gasteiger partial charge in [-0.15, -0.1) is 0 Å². The fourth-order valence-corrected chi connectivity index (χ4v) is 2.01. The predicted molar refractivity (Wildman–Crippen MR) is 84.7 cm³/mol. The number of nitrogens with zero attached hydrogens (tertiary/aromatic N) is 1. The molecule has 2 N–H and O–H groups in total. The summed E-state index contributed by atoms with van der Waals surface area (Å²) in [6, 6.07) is 10.8. The van der Waals surface area contributed by atoms with Gasteiger partial charge in [0.25, 0.3) is 0 Å². The molecule has 0 aliphatic rings. The normalized spacial score (nSPS) is 10.9. The van der Waals surface area contributed by atoms with Crippen LogP contribution in [0, 0.1) is 11.3 Å². The predicted octanol–water partition coefficient (Wildman–Crippen LogP) is 3.38. The molecule has 2 aromatic carbocycles. The van der Waals surface area contributed by atoms with Crippen LogP contribution in [0.2, 0.25) is 0 Å². The molecule has 0 bridgehead atoms. The molecule has 0 saturated carbocycles. The van der Waals surface area contributed by atoms with E-state index in [0.29, 0.717) is 11.1 Å². The lowest BCUT2D eigenvalue weighted by Crippen LogP contribution is -2.23. The number of ketones is 1. The van der Waals surface area contributed by atoms with E-state index in [1.54, 1.807) is 20.8 Å². The average Bonchev–Trinajstić information content (AvgIpc) is 2.50. The van der Waals surface area contributed by atoms with E-state index in [0.717, 1.165) is 0 Å². The lowest BCUT2D eigenvalue weighted by Gasteiger charge is -2.22. The molecular formula is C18H17NO4. The summed E-state index contributed by atoms with van der Waals surface area (Å²) >= 11 is 0. The van der Waals surface area contributed by atoms with Crippen LogP contribution in [0.5, 0.6) is 17.2 Å². The number of phenols is 2. The van der Waals surface area contributed by atoms with Crippen LogP contribution in [0.25, 0.3) is 0 Å². The summed E-state index contributed by atoms with van der Waals surface area (Å²) in [6.07, 6.45) is 0. The highest BCUT2D eigenvalue weighted by molar-refractivity contribution is 6.11. The van der Waals surface area contributed by atoms with E-state index in [9.17, 15) is 15.0 Å². The number of carbonyl (C=O) groups is 1. The molecular weight excluding hydrogens is 294 g/mol. The number of hydrogen-bond acceptors (Lipinski definition) is 5. The standard InChI is InChI=1S/C18H17NO4/c1-18(2,3)23-14-9-8-13(16(21)17(14)22)15(20)12-6-4-11(10-19)5-7-12/h4-9,21-22H,1-3H3. The topological polar surface area (TPSA) is 90.6 Å². The van der Waals surface area contributed by atoms with Gasteiger partial charge in [-0.3, -0.25) is 4.79 Å². The molecule has 0 amide bonds. The summed E-state index contributed by atoms with van der Waals surface area (Å²) in [4.78, 5) is 12.4. The Balaban J connectivity index is 2.38. The quantitative estimate of drug-likeness (QED) is 0.670. The van der Waals surface area contributed by atoms with Crippen molar-refractivity contribution in [1.82, 2.24) is 0 Å². The molecule has 0 aromatic heterocycles. The lowest BCUT2D eigenvalue weighted by atomic mass is 10.0. The van der Waals surface area contributed by atoms with Crippen molar-refractivity contribution in [3.63, 3.8) is 0 Å². The zero-order valence-corrected chi connectivity index (χ0v) is 13.1. The summed E-state index contributed by atoms with van der Waals surface area (Å²) in [6.45, 7) is 5.41. The van der Waals surface area contributed by atoms with Crippen LogP contribution in [-0.2, 0) is 0 Å². The first-order valence-electron chi connectivity index (χ1n) is 7.02. The van der Waals surface area contributed by atoms with Gasteiger partial charge in [0.15, 0.2) is 17.3 Å². The maximum absolute atomic E-state index is 12.4. The van der Waals surface area contributed by atoms with Gasteiger partial charge in [0, 0.05) is 5.56 Å². The van der Waals surface area contributed by atoms with Gasteiger partial charge in [0.2, 0.25) is 5.75 Å². The van der Waals surface area contributed by atoms with Crippen molar-refractivity contribution in [3.8, 4) is 23.3 Å². The van der Waals surface area contributed by atoms with Crippen LogP contribution in [0.3, 0.4) is 0 Å². The summed E-state index contributed by atoms with van der Waals surface area (Å²) < 4.78 is 5.53. The number of phenolic OH excluding ortho intramolecular Hbond substituents is 2. The molecule has 0 fully saturated rings. The number of nitriles is 1. The van der Waals surface area contributed by atoms with Gasteiger partial charge in [-0.25, -0.2) is 0 Å². The minimum absolute atomic E-state index is 0.0338. The smallest absolute Gasteiger partial charge is 0.201 e. The highest BCUT2D eigenvalue weighted by Gasteiger charge is 2.22. The van der Waals surface area contributed by atoms with Crippen molar-refractivity contribution in [1.29, 1.82) is 5.26 Å². The molecule has 0 radical (unpaired) electrons. The lowest BCUT2D eigenvalue weighted by molar-refractivity contribution is 0.103. The molecule has 2 aromatic rings. The van der Waals surface area contributed by atoms with Gasteiger partial charge in [-0.05, 0) is 57.2 Å². The minimum Gasteiger partial charge on any atom is -0.504 e. The van der Waals surface area contributed by atoms with Gasteiger partial charge in [-0.1, -0.05) is 0 Å². The second-order valence-electron chi connectivity index (χ2n) is 6.04. The summed E-state index contributed by atoms with van der Waals surface area (Å²) in [5.74, 6) is -1.35. The van der Waals surface area contributed by atoms with E-state index in [-0.39, 0.29) is 11.3 Å². The SMILES string of the molecule is CC(C)(C)Oc1ccc(C(=O)c2ccc(C#N)cc2)c(O)c1O. The molecule has 5 nitrogen and oxygen atoms in total. The number of aromatic hydroxyl groups is 2. The summed E-state index contributed by atoms with van der Waals surface area (Å²) in [5, 5.41) is 28.9. The maximum Gasteiger partial charge on any atom is 0.201 e. The van der Waals surface area contributed by atoms with Gasteiger partial charge in [0.1, 0.15) is 5.60 Å². The number of rotatable bonds is 3. The van der Waals surface area contributed by atoms with Crippen molar-refractivity contribution in [2.75, 3.05) is 0 Å². The maximum atomic E-state index is 12.4. The Kier molecular flexibility index (Phi) is 4.28. The highest BCUT2D eigenvalue weighted by atomic mass is 16.5. The summed E-state index contributed by atoms with van der Waals surface area (Å²) in [5.41, 5.74) is 0.155. The number of benzene rings is 2. The highest BCUT2D eigenvalue weighted by Crippen LogP contribution is 2.40. The molecule has 0 spiro atoms. The third-order valence-corrected chi connectivity index (χ3v) is 3.05. The van der Waals surface area contributed by atoms with Crippen LogP contribution in [0.4, 0.5) is 0 Å². The van der Waals surface area contributed by atoms with Crippen molar-refractivity contribution >= 4 is 5.78 Å². The van der Waals surface area contributed by atoms with Crippen molar-refractivity contribution < 1.29 is 19.7 Å². The van der Waals surface area contributed by atoms with Crippen LogP contribution in [-0.4, -0.2) is 21.6 Å². The minimum atomic E-state index is -0.553. The van der Waals surface area contributed by atoms with Crippen LogP contribution >= 0.6 is 0 Å². The van der Waals surface area contributed by atoms with Gasteiger partial charge in [0.05, 0.1) is 17.2 Å². The molecule has 23 heavy (non-hydrogen) atoms. The Hall–Kier alpha value is -3.00. The van der Waals surface area contributed by atoms with E-state index >= 15 is 0 Å². The van der Waals surface area contributed by atoms with E-state index in [2.05, 4.69) is 0 Å². The van der Waals surface area contributed by atoms with E-state index in [1.165, 1.54) is 36.4 Å². The zero-order chi connectivity index (χ0) is 17.2. The second-order valence-corrected chi connectivity index (χ2v) is 6.04. The fraction of sp³-hybridized carbons (Fsp3) is 0.222. The van der Waals surface area contributed by atoms with Crippen molar-refractivity contribution in [2.45, 2.75) is 26.4 Å². The van der Waals surface area contributed by atoms with Gasteiger partial charge >= 0.3 is 0 Å². The molecule has 0 aliphatic carbocycles. The zero-order valence-electron chi connectivity index (χ0n) is 13.1. The van der Waals surface area contributed by atoms with Crippen molar-refractivity contribution in [3.05, 3.63) is 53.1 Å². The van der Waals surface area contributed by atoms with Crippen LogP contribution in [0.15, 0.2) is 36.4 Å². The molecule has 0 atom stereocenters. The number of ether oxygens (including phenoxy) is 1. The van der Waals surface area contributed by atoms with Gasteiger partial charge < -0.3 is 14.9 Å². The van der Waals surface area contributed by atoms with Crippen LogP contribution < -0.4 is 4.74 Å². The Morgan fingerprint density at radius 3 is 2.17 bits per heavy atom. The largest absolute Gasteiger partial charge is 0.504 e. The Morgan fingerprint density at radius 1 is 1.04 bits per heavy atom. The first-order valence-corrected chi connectivity index (χ1v) is 7.02. The van der Waals surface area contributed by atoms with Gasteiger partial charge in [-0.2, -0.15) is 5.26 Å². The van der Waals surface area contributed by atoms with E-state index in [4.69, 9.17) is 10.00 Å². The first kappa shape index (κ1) is 16.4. The molecule has 0 unspecified atom stereocenters. The molecule has 0 saturated heterocycles. The molecule has 0 heterocycles. The average molecular weight is 311 g/mol. The Labute approximate surface area is 134 Å². The summed E-state index contributed by atoms with van der Waals surface area (Å²) in [7, 11) is 0. The van der Waals surface area contributed by atoms with Crippen LogP contribution in [0.1, 0.15) is 42.3 Å². The molecule has 0 aliphatic heterocycles. The fourth-order valence-electron chi connectivity index (χ4n) is 2.01. The van der Waals surface area contributed by atoms with Crippen molar-refractivity contribution in [2.24, 2.45) is 0 Å². The van der Waals surface area contributed by atoms with E-state index < -0.39 is 22.9 Å².